The van der Waals surface area contributed by atoms with Gasteiger partial charge in [-0.25, -0.2) is 8.42 Å². The van der Waals surface area contributed by atoms with Crippen LogP contribution in [0, 0.1) is 5.92 Å². The lowest BCUT2D eigenvalue weighted by molar-refractivity contribution is 0.449. The quantitative estimate of drug-likeness (QED) is 0.698. The number of nitrogens with one attached hydrogen (secondary N) is 1. The van der Waals surface area contributed by atoms with E-state index in [2.05, 4.69) is 26.1 Å². The fraction of sp³-hybridized carbons (Fsp3) is 1.00. The van der Waals surface area contributed by atoms with E-state index in [-0.39, 0.29) is 5.75 Å². The summed E-state index contributed by atoms with van der Waals surface area (Å²) in [7, 11) is -2.77. The molecule has 0 heterocycles. The van der Waals surface area contributed by atoms with Crippen LogP contribution in [0.5, 0.6) is 0 Å². The molecule has 0 saturated heterocycles. The first kappa shape index (κ1) is 14.9. The summed E-state index contributed by atoms with van der Waals surface area (Å²) in [5, 5.41) is 3.36. The molecule has 0 aromatic heterocycles. The van der Waals surface area contributed by atoms with E-state index in [0.29, 0.717) is 17.7 Å². The van der Waals surface area contributed by atoms with E-state index in [0.717, 1.165) is 19.4 Å². The molecule has 0 aliphatic carbocycles. The predicted octanol–water partition coefficient (Wildman–Crippen LogP) is 1.84. The second-order valence-corrected chi connectivity index (χ2v) is 7.02. The van der Waals surface area contributed by atoms with Crippen molar-refractivity contribution < 1.29 is 8.42 Å². The van der Waals surface area contributed by atoms with Crippen LogP contribution in [0.3, 0.4) is 0 Å². The van der Waals surface area contributed by atoms with Crippen molar-refractivity contribution in [2.45, 2.75) is 46.6 Å². The molecule has 0 aliphatic rings. The Hall–Kier alpha value is -0.0900. The van der Waals surface area contributed by atoms with Crippen LogP contribution in [0.4, 0.5) is 0 Å². The Balaban J connectivity index is 3.59. The Morgan fingerprint density at radius 3 is 2.27 bits per heavy atom. The zero-order chi connectivity index (χ0) is 11.9. The zero-order valence-electron chi connectivity index (χ0n) is 10.4. The van der Waals surface area contributed by atoms with Crippen molar-refractivity contribution in [1.82, 2.24) is 5.32 Å². The molecule has 0 saturated carbocycles. The lowest BCUT2D eigenvalue weighted by Crippen LogP contribution is -2.28. The third kappa shape index (κ3) is 8.88. The van der Waals surface area contributed by atoms with Crippen LogP contribution in [0.1, 0.15) is 40.5 Å². The van der Waals surface area contributed by atoms with E-state index >= 15 is 0 Å². The van der Waals surface area contributed by atoms with E-state index in [1.165, 1.54) is 0 Å². The van der Waals surface area contributed by atoms with Gasteiger partial charge >= 0.3 is 0 Å². The second kappa shape index (κ2) is 7.23. The molecule has 0 radical (unpaired) electrons. The van der Waals surface area contributed by atoms with Crippen LogP contribution in [-0.4, -0.2) is 32.5 Å². The summed E-state index contributed by atoms with van der Waals surface area (Å²) < 4.78 is 22.5. The SMILES string of the molecule is CCS(=O)(=O)CCCC(C)CNC(C)C. The number of rotatable bonds is 8. The Morgan fingerprint density at radius 2 is 1.80 bits per heavy atom. The summed E-state index contributed by atoms with van der Waals surface area (Å²) in [5.41, 5.74) is 0. The van der Waals surface area contributed by atoms with E-state index in [1.54, 1.807) is 6.92 Å². The van der Waals surface area contributed by atoms with Crippen LogP contribution in [0.2, 0.25) is 0 Å². The third-order valence-electron chi connectivity index (χ3n) is 2.47. The fourth-order valence-corrected chi connectivity index (χ4v) is 2.23. The summed E-state index contributed by atoms with van der Waals surface area (Å²) in [5.74, 6) is 1.17. The highest BCUT2D eigenvalue weighted by atomic mass is 32.2. The van der Waals surface area contributed by atoms with Crippen LogP contribution in [-0.2, 0) is 9.84 Å². The zero-order valence-corrected chi connectivity index (χ0v) is 11.2. The van der Waals surface area contributed by atoms with Crippen molar-refractivity contribution in [3.05, 3.63) is 0 Å². The first-order valence-corrected chi connectivity index (χ1v) is 7.63. The van der Waals surface area contributed by atoms with Crippen molar-refractivity contribution in [3.63, 3.8) is 0 Å². The van der Waals surface area contributed by atoms with E-state index < -0.39 is 9.84 Å². The molecule has 4 heteroatoms. The highest BCUT2D eigenvalue weighted by molar-refractivity contribution is 7.91. The summed E-state index contributed by atoms with van der Waals surface area (Å²) in [4.78, 5) is 0. The molecular weight excluding hydrogens is 210 g/mol. The Labute approximate surface area is 94.6 Å². The van der Waals surface area contributed by atoms with Gasteiger partial charge in [-0.2, -0.15) is 0 Å². The molecule has 0 rings (SSSR count). The first-order chi connectivity index (χ1) is 6.87. The Bertz CT molecular complexity index is 247. The van der Waals surface area contributed by atoms with Crippen molar-refractivity contribution >= 4 is 9.84 Å². The summed E-state index contributed by atoms with van der Waals surface area (Å²) in [6, 6.07) is 0.506. The van der Waals surface area contributed by atoms with Crippen LogP contribution in [0.15, 0.2) is 0 Å². The molecular formula is C11H25NO2S. The molecule has 92 valence electrons. The molecule has 0 aromatic carbocycles. The number of hydrogen-bond donors (Lipinski definition) is 1. The normalized spacial score (nSPS) is 14.5. The topological polar surface area (TPSA) is 46.2 Å². The molecule has 3 nitrogen and oxygen atoms in total. The minimum atomic E-state index is -2.77. The lowest BCUT2D eigenvalue weighted by Gasteiger charge is -2.14. The fourth-order valence-electron chi connectivity index (χ4n) is 1.33. The highest BCUT2D eigenvalue weighted by Crippen LogP contribution is 2.06. The summed E-state index contributed by atoms with van der Waals surface area (Å²) in [6.45, 7) is 9.08. The molecule has 0 aliphatic heterocycles. The molecule has 1 atom stereocenters. The maximum absolute atomic E-state index is 11.2. The molecule has 0 amide bonds. The van der Waals surface area contributed by atoms with Gasteiger partial charge in [0.25, 0.3) is 0 Å². The molecule has 15 heavy (non-hydrogen) atoms. The van der Waals surface area contributed by atoms with Crippen molar-refractivity contribution in [2.24, 2.45) is 5.92 Å². The van der Waals surface area contributed by atoms with Gasteiger partial charge in [0.15, 0.2) is 0 Å². The van der Waals surface area contributed by atoms with Crippen molar-refractivity contribution in [3.8, 4) is 0 Å². The van der Waals surface area contributed by atoms with Gasteiger partial charge in [0, 0.05) is 11.8 Å². The first-order valence-electron chi connectivity index (χ1n) is 5.81. The van der Waals surface area contributed by atoms with Crippen molar-refractivity contribution in [2.75, 3.05) is 18.1 Å². The van der Waals surface area contributed by atoms with Gasteiger partial charge in [-0.3, -0.25) is 0 Å². The molecule has 0 bridgehead atoms. The molecule has 1 N–H and O–H groups in total. The average molecular weight is 235 g/mol. The van der Waals surface area contributed by atoms with Gasteiger partial charge in [0.1, 0.15) is 9.84 Å². The number of hydrogen-bond acceptors (Lipinski definition) is 3. The van der Waals surface area contributed by atoms with Gasteiger partial charge < -0.3 is 5.32 Å². The predicted molar refractivity (Wildman–Crippen MR) is 65.9 cm³/mol. The van der Waals surface area contributed by atoms with Gasteiger partial charge in [0.2, 0.25) is 0 Å². The second-order valence-electron chi connectivity index (χ2n) is 4.55. The number of sulfone groups is 1. The minimum absolute atomic E-state index is 0.269. The Kier molecular flexibility index (Phi) is 7.18. The molecule has 0 fully saturated rings. The highest BCUT2D eigenvalue weighted by Gasteiger charge is 2.09. The maximum Gasteiger partial charge on any atom is 0.150 e. The van der Waals surface area contributed by atoms with E-state index in [1.807, 2.05) is 0 Å². The summed E-state index contributed by atoms with van der Waals surface area (Å²) >= 11 is 0. The lowest BCUT2D eigenvalue weighted by atomic mass is 10.1. The largest absolute Gasteiger partial charge is 0.314 e. The van der Waals surface area contributed by atoms with Crippen LogP contribution < -0.4 is 5.32 Å². The minimum Gasteiger partial charge on any atom is -0.314 e. The molecule has 0 spiro atoms. The van der Waals surface area contributed by atoms with E-state index in [4.69, 9.17) is 0 Å². The third-order valence-corrected chi connectivity index (χ3v) is 4.26. The average Bonchev–Trinajstić information content (AvgIpc) is 2.14. The standard InChI is InChI=1S/C11H25NO2S/c1-5-15(13,14)8-6-7-11(4)9-12-10(2)3/h10-12H,5-9H2,1-4H3. The van der Waals surface area contributed by atoms with Gasteiger partial charge in [-0.1, -0.05) is 27.7 Å². The monoisotopic (exact) mass is 235 g/mol. The van der Waals surface area contributed by atoms with Crippen molar-refractivity contribution in [1.29, 1.82) is 0 Å². The van der Waals surface area contributed by atoms with Crippen LogP contribution in [0.25, 0.3) is 0 Å². The summed E-state index contributed by atoms with van der Waals surface area (Å²) in [6.07, 6.45) is 1.77. The molecule has 0 aromatic rings. The van der Waals surface area contributed by atoms with Gasteiger partial charge in [-0.05, 0) is 25.3 Å². The van der Waals surface area contributed by atoms with Gasteiger partial charge in [-0.15, -0.1) is 0 Å². The molecule has 1 unspecified atom stereocenters. The Morgan fingerprint density at radius 1 is 1.20 bits per heavy atom. The van der Waals surface area contributed by atoms with E-state index in [9.17, 15) is 8.42 Å². The van der Waals surface area contributed by atoms with Crippen LogP contribution >= 0.6 is 0 Å². The smallest absolute Gasteiger partial charge is 0.150 e. The van der Waals surface area contributed by atoms with Gasteiger partial charge in [0.05, 0.1) is 5.75 Å². The maximum atomic E-state index is 11.2.